The van der Waals surface area contributed by atoms with Crippen molar-refractivity contribution in [1.82, 2.24) is 0 Å². The number of benzene rings is 2. The van der Waals surface area contributed by atoms with Crippen molar-refractivity contribution in [3.8, 4) is 11.5 Å². The van der Waals surface area contributed by atoms with E-state index in [-0.39, 0.29) is 6.04 Å². The van der Waals surface area contributed by atoms with Crippen LogP contribution in [0.5, 0.6) is 11.5 Å². The lowest BCUT2D eigenvalue weighted by Gasteiger charge is -2.11. The van der Waals surface area contributed by atoms with Crippen LogP contribution in [0, 0.1) is 6.92 Å². The molecule has 2 aromatic carbocycles. The van der Waals surface area contributed by atoms with E-state index in [1.165, 1.54) is 11.1 Å². The lowest BCUT2D eigenvalue weighted by molar-refractivity contribution is 0.479. The van der Waals surface area contributed by atoms with Gasteiger partial charge < -0.3 is 10.5 Å². The molecular formula is C16H18BrNO. The predicted octanol–water partition coefficient (Wildman–Crippen LogP) is 4.44. The minimum Gasteiger partial charge on any atom is -0.456 e. The van der Waals surface area contributed by atoms with Crippen LogP contribution in [0.4, 0.5) is 0 Å². The Hall–Kier alpha value is -1.32. The van der Waals surface area contributed by atoms with E-state index in [1.807, 2.05) is 37.3 Å². The largest absolute Gasteiger partial charge is 0.456 e. The number of hydrogen-bond acceptors (Lipinski definition) is 2. The average molecular weight is 320 g/mol. The van der Waals surface area contributed by atoms with Gasteiger partial charge in [0.05, 0.1) is 4.47 Å². The average Bonchev–Trinajstić information content (AvgIpc) is 2.34. The van der Waals surface area contributed by atoms with Crippen LogP contribution in [0.15, 0.2) is 46.9 Å². The lowest BCUT2D eigenvalue weighted by atomic mass is 10.1. The summed E-state index contributed by atoms with van der Waals surface area (Å²) in [6.07, 6.45) is 0.864. The molecule has 0 radical (unpaired) electrons. The van der Waals surface area contributed by atoms with Gasteiger partial charge in [0.15, 0.2) is 0 Å². The molecule has 2 N–H and O–H groups in total. The predicted molar refractivity (Wildman–Crippen MR) is 82.7 cm³/mol. The molecule has 0 aromatic heterocycles. The minimum atomic E-state index is 0.163. The van der Waals surface area contributed by atoms with E-state index in [9.17, 15) is 0 Å². The number of halogens is 1. The van der Waals surface area contributed by atoms with Gasteiger partial charge in [-0.05, 0) is 66.0 Å². The molecule has 0 fully saturated rings. The SMILES string of the molecule is Cc1ccc(Oc2ccc(CC(C)N)cc2Br)cc1. The Kier molecular flexibility index (Phi) is 4.61. The van der Waals surface area contributed by atoms with Gasteiger partial charge >= 0.3 is 0 Å². The zero-order valence-corrected chi connectivity index (χ0v) is 12.8. The standard InChI is InChI=1S/C16H18BrNO/c1-11-3-6-14(7-4-11)19-16-8-5-13(9-12(2)18)10-15(16)17/h3-8,10,12H,9,18H2,1-2H3. The Morgan fingerprint density at radius 2 is 1.84 bits per heavy atom. The molecule has 2 nitrogen and oxygen atoms in total. The molecule has 0 aliphatic heterocycles. The number of rotatable bonds is 4. The van der Waals surface area contributed by atoms with Crippen LogP contribution in [0.1, 0.15) is 18.1 Å². The van der Waals surface area contributed by atoms with Crippen molar-refractivity contribution >= 4 is 15.9 Å². The van der Waals surface area contributed by atoms with Gasteiger partial charge in [-0.15, -0.1) is 0 Å². The van der Waals surface area contributed by atoms with Gasteiger partial charge in [-0.3, -0.25) is 0 Å². The van der Waals surface area contributed by atoms with E-state index in [2.05, 4.69) is 35.0 Å². The third kappa shape index (κ3) is 4.08. The first-order valence-electron chi connectivity index (χ1n) is 6.33. The van der Waals surface area contributed by atoms with Gasteiger partial charge in [-0.2, -0.15) is 0 Å². The van der Waals surface area contributed by atoms with Gasteiger partial charge in [-0.1, -0.05) is 23.8 Å². The summed E-state index contributed by atoms with van der Waals surface area (Å²) in [6, 6.07) is 14.3. The second kappa shape index (κ2) is 6.22. The Balaban J connectivity index is 2.15. The van der Waals surface area contributed by atoms with Crippen molar-refractivity contribution in [2.75, 3.05) is 0 Å². The first-order valence-corrected chi connectivity index (χ1v) is 7.12. The number of ether oxygens (including phenoxy) is 1. The normalized spacial score (nSPS) is 12.2. The summed E-state index contributed by atoms with van der Waals surface area (Å²) >= 11 is 3.54. The zero-order valence-electron chi connectivity index (χ0n) is 11.2. The summed E-state index contributed by atoms with van der Waals surface area (Å²) < 4.78 is 6.80. The Bertz CT molecular complexity index is 549. The minimum absolute atomic E-state index is 0.163. The fourth-order valence-electron chi connectivity index (χ4n) is 1.86. The summed E-state index contributed by atoms with van der Waals surface area (Å²) in [5.41, 5.74) is 8.23. The van der Waals surface area contributed by atoms with Crippen molar-refractivity contribution in [2.24, 2.45) is 5.73 Å². The molecule has 0 aliphatic carbocycles. The number of aryl methyl sites for hydroxylation is 1. The monoisotopic (exact) mass is 319 g/mol. The smallest absolute Gasteiger partial charge is 0.141 e. The van der Waals surface area contributed by atoms with E-state index in [1.54, 1.807) is 0 Å². The van der Waals surface area contributed by atoms with Crippen LogP contribution in [-0.2, 0) is 6.42 Å². The highest BCUT2D eigenvalue weighted by molar-refractivity contribution is 9.10. The quantitative estimate of drug-likeness (QED) is 0.904. The molecule has 0 heterocycles. The van der Waals surface area contributed by atoms with E-state index in [4.69, 9.17) is 10.5 Å². The Morgan fingerprint density at radius 1 is 1.16 bits per heavy atom. The third-order valence-electron chi connectivity index (χ3n) is 2.80. The highest BCUT2D eigenvalue weighted by atomic mass is 79.9. The molecule has 1 unspecified atom stereocenters. The third-order valence-corrected chi connectivity index (χ3v) is 3.42. The van der Waals surface area contributed by atoms with Crippen molar-refractivity contribution in [1.29, 1.82) is 0 Å². The fraction of sp³-hybridized carbons (Fsp3) is 0.250. The summed E-state index contributed by atoms with van der Waals surface area (Å²) in [4.78, 5) is 0. The van der Waals surface area contributed by atoms with Crippen molar-refractivity contribution < 1.29 is 4.74 Å². The molecule has 19 heavy (non-hydrogen) atoms. The van der Waals surface area contributed by atoms with Crippen LogP contribution in [0.2, 0.25) is 0 Å². The fourth-order valence-corrected chi connectivity index (χ4v) is 2.37. The van der Waals surface area contributed by atoms with Gasteiger partial charge in [0, 0.05) is 6.04 Å². The second-order valence-corrected chi connectivity index (χ2v) is 5.72. The summed E-state index contributed by atoms with van der Waals surface area (Å²) in [7, 11) is 0. The molecule has 2 aromatic rings. The maximum Gasteiger partial charge on any atom is 0.141 e. The highest BCUT2D eigenvalue weighted by Crippen LogP contribution is 2.30. The van der Waals surface area contributed by atoms with Gasteiger partial charge in [0.2, 0.25) is 0 Å². The molecule has 3 heteroatoms. The van der Waals surface area contributed by atoms with Gasteiger partial charge in [-0.25, -0.2) is 0 Å². The van der Waals surface area contributed by atoms with Crippen LogP contribution in [0.25, 0.3) is 0 Å². The van der Waals surface area contributed by atoms with Crippen LogP contribution >= 0.6 is 15.9 Å². The van der Waals surface area contributed by atoms with Crippen molar-refractivity contribution in [3.05, 3.63) is 58.1 Å². The lowest BCUT2D eigenvalue weighted by Crippen LogP contribution is -2.17. The Morgan fingerprint density at radius 3 is 2.42 bits per heavy atom. The maximum atomic E-state index is 5.85. The van der Waals surface area contributed by atoms with Crippen molar-refractivity contribution in [3.63, 3.8) is 0 Å². The molecule has 0 saturated heterocycles. The van der Waals surface area contributed by atoms with Crippen LogP contribution in [-0.4, -0.2) is 6.04 Å². The molecule has 0 aliphatic rings. The Labute approximate surface area is 122 Å². The summed E-state index contributed by atoms with van der Waals surface area (Å²) in [6.45, 7) is 4.06. The number of nitrogens with two attached hydrogens (primary N) is 1. The van der Waals surface area contributed by atoms with E-state index in [0.717, 1.165) is 22.4 Å². The molecule has 0 saturated carbocycles. The van der Waals surface area contributed by atoms with E-state index < -0.39 is 0 Å². The molecule has 2 rings (SSSR count). The zero-order chi connectivity index (χ0) is 13.8. The first kappa shape index (κ1) is 14.1. The molecule has 0 bridgehead atoms. The van der Waals surface area contributed by atoms with E-state index in [0.29, 0.717) is 0 Å². The summed E-state index contributed by atoms with van der Waals surface area (Å²) in [5.74, 6) is 1.66. The van der Waals surface area contributed by atoms with Gasteiger partial charge in [0.1, 0.15) is 11.5 Å². The van der Waals surface area contributed by atoms with Crippen LogP contribution in [0.3, 0.4) is 0 Å². The number of hydrogen-bond donors (Lipinski definition) is 1. The topological polar surface area (TPSA) is 35.2 Å². The van der Waals surface area contributed by atoms with Gasteiger partial charge in [0.25, 0.3) is 0 Å². The molecular weight excluding hydrogens is 302 g/mol. The molecule has 1 atom stereocenters. The molecule has 0 spiro atoms. The molecule has 100 valence electrons. The molecule has 0 amide bonds. The maximum absolute atomic E-state index is 5.85. The summed E-state index contributed by atoms with van der Waals surface area (Å²) in [5, 5.41) is 0. The van der Waals surface area contributed by atoms with E-state index >= 15 is 0 Å². The van der Waals surface area contributed by atoms with Crippen LogP contribution < -0.4 is 10.5 Å². The van der Waals surface area contributed by atoms with Crippen molar-refractivity contribution in [2.45, 2.75) is 26.3 Å². The first-order chi connectivity index (χ1) is 9.04. The second-order valence-electron chi connectivity index (χ2n) is 4.86. The highest BCUT2D eigenvalue weighted by Gasteiger charge is 2.05.